The van der Waals surface area contributed by atoms with Crippen molar-refractivity contribution in [2.75, 3.05) is 5.73 Å². The first kappa shape index (κ1) is 10.7. The van der Waals surface area contributed by atoms with Crippen LogP contribution in [0.4, 0.5) is 5.69 Å². The Labute approximate surface area is 97.0 Å². The maximum atomic E-state index is 5.78. The molecule has 0 amide bonds. The zero-order valence-electron chi connectivity index (χ0n) is 9.66. The highest BCUT2D eigenvalue weighted by molar-refractivity contribution is 5.51. The summed E-state index contributed by atoms with van der Waals surface area (Å²) in [7, 11) is 0. The Morgan fingerprint density at radius 2 is 2.06 bits per heavy atom. The third-order valence-electron chi connectivity index (χ3n) is 2.88. The molecule has 2 N–H and O–H groups in total. The summed E-state index contributed by atoms with van der Waals surface area (Å²) in [5.74, 6) is 0. The van der Waals surface area contributed by atoms with Crippen LogP contribution in [0.15, 0.2) is 54.2 Å². The summed E-state index contributed by atoms with van der Waals surface area (Å²) in [4.78, 5) is 0. The van der Waals surface area contributed by atoms with Crippen LogP contribution in [0, 0.1) is 0 Å². The average Bonchev–Trinajstić information content (AvgIpc) is 2.59. The molecular formula is C15H17N. The molecule has 1 aliphatic carbocycles. The molecule has 0 fully saturated rings. The molecule has 1 aromatic carbocycles. The lowest BCUT2D eigenvalue weighted by Gasteiger charge is -1.97. The van der Waals surface area contributed by atoms with Crippen molar-refractivity contribution in [1.29, 1.82) is 0 Å². The van der Waals surface area contributed by atoms with Crippen molar-refractivity contribution >= 4 is 5.69 Å². The van der Waals surface area contributed by atoms with E-state index in [1.807, 2.05) is 18.2 Å². The molecule has 0 spiro atoms. The van der Waals surface area contributed by atoms with Crippen molar-refractivity contribution in [2.45, 2.75) is 19.8 Å². The number of nitrogen functional groups attached to an aromatic ring is 1. The summed E-state index contributed by atoms with van der Waals surface area (Å²) in [5.41, 5.74) is 12.1. The van der Waals surface area contributed by atoms with Gasteiger partial charge in [0.05, 0.1) is 0 Å². The largest absolute Gasteiger partial charge is 0.399 e. The molecule has 0 aromatic heterocycles. The van der Waals surface area contributed by atoms with Crippen molar-refractivity contribution in [3.8, 4) is 0 Å². The van der Waals surface area contributed by atoms with Crippen LogP contribution in [0.25, 0.3) is 0 Å². The van der Waals surface area contributed by atoms with Crippen molar-refractivity contribution in [3.05, 3.63) is 65.3 Å². The summed E-state index contributed by atoms with van der Waals surface area (Å²) < 4.78 is 0. The molecule has 0 saturated heterocycles. The van der Waals surface area contributed by atoms with Gasteiger partial charge in [-0.15, -0.1) is 0 Å². The minimum Gasteiger partial charge on any atom is -0.399 e. The molecule has 82 valence electrons. The van der Waals surface area contributed by atoms with Crippen LogP contribution in [0.1, 0.15) is 18.1 Å². The molecule has 0 unspecified atom stereocenters. The van der Waals surface area contributed by atoms with Gasteiger partial charge in [-0.3, -0.25) is 0 Å². The van der Waals surface area contributed by atoms with Gasteiger partial charge in [0, 0.05) is 5.69 Å². The number of allylic oxidation sites excluding steroid dienone is 5. The minimum atomic E-state index is 0.860. The predicted molar refractivity (Wildman–Crippen MR) is 70.3 cm³/mol. The summed E-state index contributed by atoms with van der Waals surface area (Å²) in [6, 6.07) is 6.20. The van der Waals surface area contributed by atoms with Crippen LogP contribution in [-0.4, -0.2) is 0 Å². The first-order chi connectivity index (χ1) is 7.69. The summed E-state index contributed by atoms with van der Waals surface area (Å²) in [6.45, 7) is 5.81. The Hall–Kier alpha value is -1.76. The Morgan fingerprint density at radius 1 is 1.31 bits per heavy atom. The van der Waals surface area contributed by atoms with Gasteiger partial charge in [0.1, 0.15) is 0 Å². The molecule has 0 saturated carbocycles. The number of anilines is 1. The first-order valence-electron chi connectivity index (χ1n) is 5.55. The molecular weight excluding hydrogens is 194 g/mol. The molecule has 0 atom stereocenters. The third kappa shape index (κ3) is 2.25. The second kappa shape index (κ2) is 4.40. The van der Waals surface area contributed by atoms with Crippen LogP contribution < -0.4 is 5.73 Å². The fraction of sp³-hybridized carbons (Fsp3) is 0.200. The number of hydrogen-bond donors (Lipinski definition) is 1. The monoisotopic (exact) mass is 211 g/mol. The predicted octanol–water partition coefficient (Wildman–Crippen LogP) is 3.43. The zero-order chi connectivity index (χ0) is 11.5. The summed E-state index contributed by atoms with van der Waals surface area (Å²) in [6.07, 6.45) is 8.19. The molecule has 0 aliphatic heterocycles. The topological polar surface area (TPSA) is 26.0 Å². The Balaban J connectivity index is 2.23. The van der Waals surface area contributed by atoms with Gasteiger partial charge in [-0.2, -0.15) is 0 Å². The Kier molecular flexibility index (Phi) is 2.95. The van der Waals surface area contributed by atoms with Gasteiger partial charge in [-0.05, 0) is 43.0 Å². The lowest BCUT2D eigenvalue weighted by atomic mass is 10.1. The van der Waals surface area contributed by atoms with Gasteiger partial charge in [0.2, 0.25) is 0 Å². The molecule has 1 aliphatic rings. The second-order valence-electron chi connectivity index (χ2n) is 4.33. The SMILES string of the molecule is C=C/C=C(C)\C=C1/Cc2ccc(N)cc2C1. The summed E-state index contributed by atoms with van der Waals surface area (Å²) in [5, 5.41) is 0. The maximum Gasteiger partial charge on any atom is 0.0317 e. The number of benzene rings is 1. The zero-order valence-corrected chi connectivity index (χ0v) is 9.66. The van der Waals surface area contributed by atoms with E-state index in [1.54, 1.807) is 0 Å². The minimum absolute atomic E-state index is 0.860. The van der Waals surface area contributed by atoms with E-state index in [-0.39, 0.29) is 0 Å². The van der Waals surface area contributed by atoms with E-state index in [1.165, 1.54) is 22.3 Å². The highest BCUT2D eigenvalue weighted by Crippen LogP contribution is 2.28. The smallest absolute Gasteiger partial charge is 0.0317 e. The van der Waals surface area contributed by atoms with Crippen LogP contribution >= 0.6 is 0 Å². The third-order valence-corrected chi connectivity index (χ3v) is 2.88. The van der Waals surface area contributed by atoms with E-state index >= 15 is 0 Å². The van der Waals surface area contributed by atoms with Crippen molar-refractivity contribution in [2.24, 2.45) is 0 Å². The number of fused-ring (bicyclic) bond motifs is 1. The molecule has 0 heterocycles. The van der Waals surface area contributed by atoms with Gasteiger partial charge in [0.15, 0.2) is 0 Å². The van der Waals surface area contributed by atoms with Gasteiger partial charge >= 0.3 is 0 Å². The van der Waals surface area contributed by atoms with E-state index in [0.717, 1.165) is 18.5 Å². The van der Waals surface area contributed by atoms with Crippen molar-refractivity contribution < 1.29 is 0 Å². The Morgan fingerprint density at radius 3 is 2.81 bits per heavy atom. The average molecular weight is 211 g/mol. The molecule has 0 bridgehead atoms. The highest BCUT2D eigenvalue weighted by Gasteiger charge is 2.14. The quantitative estimate of drug-likeness (QED) is 0.588. The lowest BCUT2D eigenvalue weighted by molar-refractivity contribution is 1.16. The van der Waals surface area contributed by atoms with E-state index < -0.39 is 0 Å². The van der Waals surface area contributed by atoms with E-state index in [2.05, 4.69) is 31.7 Å². The molecule has 0 radical (unpaired) electrons. The van der Waals surface area contributed by atoms with Crippen LogP contribution in [0.2, 0.25) is 0 Å². The van der Waals surface area contributed by atoms with Gasteiger partial charge in [-0.1, -0.05) is 42.0 Å². The van der Waals surface area contributed by atoms with Gasteiger partial charge < -0.3 is 5.73 Å². The number of nitrogens with two attached hydrogens (primary N) is 1. The summed E-state index contributed by atoms with van der Waals surface area (Å²) >= 11 is 0. The Bertz CT molecular complexity index is 478. The van der Waals surface area contributed by atoms with Gasteiger partial charge in [-0.25, -0.2) is 0 Å². The molecule has 1 nitrogen and oxygen atoms in total. The fourth-order valence-corrected chi connectivity index (χ4v) is 2.19. The standard InChI is InChI=1S/C15H17N/c1-3-4-11(2)7-12-8-13-5-6-15(16)10-14(13)9-12/h3-7,10H,1,8-9,16H2,2H3/b11-4-,12-7+. The molecule has 1 aromatic rings. The maximum absolute atomic E-state index is 5.78. The van der Waals surface area contributed by atoms with Crippen molar-refractivity contribution in [3.63, 3.8) is 0 Å². The molecule has 2 rings (SSSR count). The van der Waals surface area contributed by atoms with Crippen LogP contribution in [0.3, 0.4) is 0 Å². The van der Waals surface area contributed by atoms with Gasteiger partial charge in [0.25, 0.3) is 0 Å². The number of rotatable bonds is 2. The van der Waals surface area contributed by atoms with E-state index in [9.17, 15) is 0 Å². The first-order valence-corrected chi connectivity index (χ1v) is 5.55. The fourth-order valence-electron chi connectivity index (χ4n) is 2.19. The normalized spacial score (nSPS) is 17.6. The van der Waals surface area contributed by atoms with Crippen LogP contribution in [-0.2, 0) is 12.8 Å². The van der Waals surface area contributed by atoms with E-state index in [4.69, 9.17) is 5.73 Å². The van der Waals surface area contributed by atoms with E-state index in [0.29, 0.717) is 0 Å². The second-order valence-corrected chi connectivity index (χ2v) is 4.33. The van der Waals surface area contributed by atoms with Crippen molar-refractivity contribution in [1.82, 2.24) is 0 Å². The number of hydrogen-bond acceptors (Lipinski definition) is 1. The lowest BCUT2D eigenvalue weighted by Crippen LogP contribution is -1.87. The highest BCUT2D eigenvalue weighted by atomic mass is 14.5. The van der Waals surface area contributed by atoms with Crippen LogP contribution in [0.5, 0.6) is 0 Å². The molecule has 16 heavy (non-hydrogen) atoms. The molecule has 1 heteroatoms.